The molecule has 1 N–H and O–H groups in total. The summed E-state index contributed by atoms with van der Waals surface area (Å²) in [6.45, 7) is 3.62. The molecule has 7 heteroatoms. The molecule has 0 aliphatic rings. The summed E-state index contributed by atoms with van der Waals surface area (Å²) >= 11 is 0. The minimum absolute atomic E-state index is 0.290. The number of aromatic nitrogens is 2. The first-order chi connectivity index (χ1) is 15.0. The number of amides is 1. The first-order valence-electron chi connectivity index (χ1n) is 9.73. The average Bonchev–Trinajstić information content (AvgIpc) is 3.26. The van der Waals surface area contributed by atoms with E-state index in [4.69, 9.17) is 9.26 Å². The number of carbonyl (C=O) groups excluding carboxylic acids is 1. The van der Waals surface area contributed by atoms with E-state index >= 15 is 0 Å². The van der Waals surface area contributed by atoms with Crippen molar-refractivity contribution in [2.75, 3.05) is 5.32 Å². The normalized spacial score (nSPS) is 11.7. The van der Waals surface area contributed by atoms with Crippen LogP contribution in [-0.4, -0.2) is 22.2 Å². The van der Waals surface area contributed by atoms with Gasteiger partial charge in [-0.3, -0.25) is 4.79 Å². The molecule has 0 unspecified atom stereocenters. The number of carbonyl (C=O) groups is 1. The standard InChI is InChI=1S/C24H20FN3O3/c1-15-7-9-17(10-8-15)22-27-24(31-28-22)20-5-3-4-6-21(20)26-23(29)16(2)30-19-13-11-18(25)12-14-19/h3-14,16H,1-2H3,(H,26,29)/t16-/m1/s1. The van der Waals surface area contributed by atoms with Crippen molar-refractivity contribution in [3.8, 4) is 28.6 Å². The third-order valence-corrected chi connectivity index (χ3v) is 4.65. The van der Waals surface area contributed by atoms with E-state index in [1.165, 1.54) is 24.3 Å². The molecular formula is C24H20FN3O3. The Labute approximate surface area is 178 Å². The second-order valence-electron chi connectivity index (χ2n) is 7.04. The van der Waals surface area contributed by atoms with Crippen LogP contribution in [0, 0.1) is 12.7 Å². The van der Waals surface area contributed by atoms with Crippen LogP contribution in [0.4, 0.5) is 10.1 Å². The fourth-order valence-electron chi connectivity index (χ4n) is 2.94. The lowest BCUT2D eigenvalue weighted by molar-refractivity contribution is -0.122. The number of halogens is 1. The highest BCUT2D eigenvalue weighted by Crippen LogP contribution is 2.29. The Kier molecular flexibility index (Phi) is 5.75. The highest BCUT2D eigenvalue weighted by Gasteiger charge is 2.19. The van der Waals surface area contributed by atoms with E-state index < -0.39 is 6.10 Å². The molecule has 0 bridgehead atoms. The maximum Gasteiger partial charge on any atom is 0.265 e. The third-order valence-electron chi connectivity index (χ3n) is 4.65. The molecule has 3 aromatic carbocycles. The number of aryl methyl sites for hydroxylation is 1. The van der Waals surface area contributed by atoms with Crippen molar-refractivity contribution in [3.05, 3.63) is 84.2 Å². The second kappa shape index (κ2) is 8.79. The number of para-hydroxylation sites is 1. The van der Waals surface area contributed by atoms with Crippen molar-refractivity contribution in [1.29, 1.82) is 0 Å². The molecule has 31 heavy (non-hydrogen) atoms. The van der Waals surface area contributed by atoms with Gasteiger partial charge >= 0.3 is 0 Å². The van der Waals surface area contributed by atoms with E-state index in [9.17, 15) is 9.18 Å². The number of nitrogens with one attached hydrogen (secondary N) is 1. The molecule has 156 valence electrons. The average molecular weight is 417 g/mol. The minimum Gasteiger partial charge on any atom is -0.481 e. The molecule has 6 nitrogen and oxygen atoms in total. The van der Waals surface area contributed by atoms with Gasteiger partial charge in [0.15, 0.2) is 6.10 Å². The van der Waals surface area contributed by atoms with Gasteiger partial charge < -0.3 is 14.6 Å². The van der Waals surface area contributed by atoms with Gasteiger partial charge in [-0.2, -0.15) is 4.98 Å². The van der Waals surface area contributed by atoms with Crippen molar-refractivity contribution >= 4 is 11.6 Å². The fraction of sp³-hybridized carbons (Fsp3) is 0.125. The summed E-state index contributed by atoms with van der Waals surface area (Å²) in [6, 6.07) is 20.4. The topological polar surface area (TPSA) is 77.2 Å². The van der Waals surface area contributed by atoms with Gasteiger partial charge in [0.05, 0.1) is 11.3 Å². The lowest BCUT2D eigenvalue weighted by Crippen LogP contribution is -2.30. The number of ether oxygens (including phenoxy) is 1. The lowest BCUT2D eigenvalue weighted by Gasteiger charge is -2.15. The van der Waals surface area contributed by atoms with Crippen LogP contribution in [0.1, 0.15) is 12.5 Å². The predicted octanol–water partition coefficient (Wildman–Crippen LogP) is 5.26. The summed E-state index contributed by atoms with van der Waals surface area (Å²) < 4.78 is 24.1. The highest BCUT2D eigenvalue weighted by atomic mass is 19.1. The molecule has 0 aliphatic heterocycles. The van der Waals surface area contributed by atoms with E-state index in [0.717, 1.165) is 11.1 Å². The molecule has 0 radical (unpaired) electrons. The van der Waals surface area contributed by atoms with E-state index in [0.29, 0.717) is 28.7 Å². The molecule has 1 aromatic heterocycles. The molecule has 0 saturated carbocycles. The van der Waals surface area contributed by atoms with Crippen LogP contribution < -0.4 is 10.1 Å². The summed E-state index contributed by atoms with van der Waals surface area (Å²) in [7, 11) is 0. The molecule has 1 amide bonds. The number of rotatable bonds is 6. The van der Waals surface area contributed by atoms with Crippen LogP contribution in [0.3, 0.4) is 0 Å². The molecule has 4 rings (SSSR count). The monoisotopic (exact) mass is 417 g/mol. The van der Waals surface area contributed by atoms with Crippen molar-refractivity contribution in [1.82, 2.24) is 10.1 Å². The Hall–Kier alpha value is -4.00. The Bertz CT molecular complexity index is 1190. The first-order valence-corrected chi connectivity index (χ1v) is 9.73. The van der Waals surface area contributed by atoms with Crippen molar-refractivity contribution in [2.45, 2.75) is 20.0 Å². The number of nitrogens with zero attached hydrogens (tertiary/aromatic N) is 2. The number of hydrogen-bond acceptors (Lipinski definition) is 5. The van der Waals surface area contributed by atoms with Gasteiger partial charge in [-0.1, -0.05) is 47.1 Å². The molecule has 0 fully saturated rings. The summed E-state index contributed by atoms with van der Waals surface area (Å²) in [5, 5.41) is 6.89. The molecule has 4 aromatic rings. The molecule has 0 saturated heterocycles. The summed E-state index contributed by atoms with van der Waals surface area (Å²) in [4.78, 5) is 17.1. The van der Waals surface area contributed by atoms with E-state index in [1.54, 1.807) is 25.1 Å². The molecular weight excluding hydrogens is 397 g/mol. The van der Waals surface area contributed by atoms with Gasteiger partial charge in [0.2, 0.25) is 5.82 Å². The molecule has 1 atom stereocenters. The highest BCUT2D eigenvalue weighted by molar-refractivity contribution is 5.97. The zero-order valence-corrected chi connectivity index (χ0v) is 17.0. The Morgan fingerprint density at radius 1 is 1.03 bits per heavy atom. The summed E-state index contributed by atoms with van der Waals surface area (Å²) in [6.07, 6.45) is -0.802. The summed E-state index contributed by atoms with van der Waals surface area (Å²) in [5.41, 5.74) is 3.08. The van der Waals surface area contributed by atoms with Crippen LogP contribution in [0.2, 0.25) is 0 Å². The van der Waals surface area contributed by atoms with E-state index in [1.807, 2.05) is 37.3 Å². The number of benzene rings is 3. The van der Waals surface area contributed by atoms with Crippen molar-refractivity contribution in [3.63, 3.8) is 0 Å². The van der Waals surface area contributed by atoms with Crippen molar-refractivity contribution < 1.29 is 18.4 Å². The van der Waals surface area contributed by atoms with Crippen molar-refractivity contribution in [2.24, 2.45) is 0 Å². The van der Waals surface area contributed by atoms with Gasteiger partial charge in [-0.15, -0.1) is 0 Å². The van der Waals surface area contributed by atoms with Gasteiger partial charge in [0, 0.05) is 5.56 Å². The zero-order chi connectivity index (χ0) is 21.8. The lowest BCUT2D eigenvalue weighted by atomic mass is 10.1. The molecule has 0 spiro atoms. The van der Waals surface area contributed by atoms with Crippen LogP contribution in [0.15, 0.2) is 77.3 Å². The smallest absolute Gasteiger partial charge is 0.265 e. The van der Waals surface area contributed by atoms with Gasteiger partial charge in [0.25, 0.3) is 11.8 Å². The SMILES string of the molecule is Cc1ccc(-c2noc(-c3ccccc3NC(=O)[C@@H](C)Oc3ccc(F)cc3)n2)cc1. The molecule has 0 aliphatic carbocycles. The van der Waals surface area contributed by atoms with Crippen LogP contribution in [0.5, 0.6) is 5.75 Å². The van der Waals surface area contributed by atoms with E-state index in [2.05, 4.69) is 15.5 Å². The predicted molar refractivity (Wildman–Crippen MR) is 115 cm³/mol. The van der Waals surface area contributed by atoms with Crippen LogP contribution in [0.25, 0.3) is 22.8 Å². The number of anilines is 1. The molecule has 1 heterocycles. The fourth-order valence-corrected chi connectivity index (χ4v) is 2.94. The van der Waals surface area contributed by atoms with Gasteiger partial charge in [-0.05, 0) is 50.2 Å². The maximum absolute atomic E-state index is 13.0. The Morgan fingerprint density at radius 3 is 2.48 bits per heavy atom. The second-order valence-corrected chi connectivity index (χ2v) is 7.04. The largest absolute Gasteiger partial charge is 0.481 e. The Balaban J connectivity index is 1.51. The Morgan fingerprint density at radius 2 is 1.74 bits per heavy atom. The van der Waals surface area contributed by atoms with E-state index in [-0.39, 0.29) is 11.7 Å². The zero-order valence-electron chi connectivity index (χ0n) is 17.0. The van der Waals surface area contributed by atoms with Gasteiger partial charge in [-0.25, -0.2) is 4.39 Å². The van der Waals surface area contributed by atoms with Crippen LogP contribution in [-0.2, 0) is 4.79 Å². The maximum atomic E-state index is 13.0. The first kappa shape index (κ1) is 20.3. The number of hydrogen-bond donors (Lipinski definition) is 1. The summed E-state index contributed by atoms with van der Waals surface area (Å²) in [5.74, 6) is 0.415. The van der Waals surface area contributed by atoms with Gasteiger partial charge in [0.1, 0.15) is 11.6 Å². The third kappa shape index (κ3) is 4.78. The quantitative estimate of drug-likeness (QED) is 0.463. The van der Waals surface area contributed by atoms with Crippen LogP contribution >= 0.6 is 0 Å². The minimum atomic E-state index is -0.802.